The Bertz CT molecular complexity index is 922. The maximum atomic E-state index is 15.6. The number of hydrogen-bond donors (Lipinski definition) is 2. The molecule has 0 spiro atoms. The van der Waals surface area contributed by atoms with E-state index in [2.05, 4.69) is 10.9 Å². The molecule has 1 aromatic carbocycles. The smallest absolute Gasteiger partial charge is 0.341 e. The van der Waals surface area contributed by atoms with Gasteiger partial charge in [0.25, 0.3) is 0 Å². The molecule has 0 saturated carbocycles. The van der Waals surface area contributed by atoms with Crippen LogP contribution >= 0.6 is 0 Å². The SMILES string of the molecule is CC(=O)N1CCC2=C(C1)C(C(=O)N1CCC(F)(c3ccccc3C(F)(F)F)CC1)NN2. The number of likely N-dealkylation sites (tertiary alicyclic amines) is 1. The third kappa shape index (κ3) is 4.00. The van der Waals surface area contributed by atoms with Crippen LogP contribution in [-0.4, -0.2) is 53.8 Å². The molecule has 4 rings (SSSR count). The lowest BCUT2D eigenvalue weighted by molar-refractivity contribution is -0.142. The van der Waals surface area contributed by atoms with Crippen molar-refractivity contribution in [1.29, 1.82) is 0 Å². The molecule has 2 amide bonds. The highest BCUT2D eigenvalue weighted by Gasteiger charge is 2.45. The van der Waals surface area contributed by atoms with Crippen LogP contribution in [-0.2, 0) is 21.4 Å². The van der Waals surface area contributed by atoms with Crippen LogP contribution in [0.2, 0.25) is 0 Å². The molecule has 3 aliphatic rings. The summed E-state index contributed by atoms with van der Waals surface area (Å²) >= 11 is 0. The normalized spacial score (nSPS) is 23.5. The molecule has 1 aromatic rings. The summed E-state index contributed by atoms with van der Waals surface area (Å²) in [5, 5.41) is 0. The largest absolute Gasteiger partial charge is 0.416 e. The standard InChI is InChI=1S/C21H24F4N4O2/c1-13(30)29-9-6-17-14(12-29)18(27-26-17)19(31)28-10-7-20(22,8-11-28)15-4-2-3-5-16(15)21(23,24)25/h2-5,18,26-27H,6-12H2,1H3. The van der Waals surface area contributed by atoms with Crippen molar-refractivity contribution in [1.82, 2.24) is 20.7 Å². The first-order valence-electron chi connectivity index (χ1n) is 10.2. The van der Waals surface area contributed by atoms with E-state index in [1.54, 1.807) is 4.90 Å². The molecule has 10 heteroatoms. The van der Waals surface area contributed by atoms with Crippen molar-refractivity contribution in [3.05, 3.63) is 46.7 Å². The van der Waals surface area contributed by atoms with Crippen LogP contribution in [0.4, 0.5) is 17.6 Å². The molecule has 0 bridgehead atoms. The van der Waals surface area contributed by atoms with Crippen LogP contribution in [0.25, 0.3) is 0 Å². The summed E-state index contributed by atoms with van der Waals surface area (Å²) in [5.74, 6) is -0.345. The van der Waals surface area contributed by atoms with Crippen molar-refractivity contribution in [3.63, 3.8) is 0 Å². The van der Waals surface area contributed by atoms with E-state index in [-0.39, 0.29) is 43.3 Å². The highest BCUT2D eigenvalue weighted by molar-refractivity contribution is 5.86. The van der Waals surface area contributed by atoms with E-state index in [0.717, 1.165) is 17.3 Å². The molecule has 1 fully saturated rings. The van der Waals surface area contributed by atoms with E-state index in [1.807, 2.05) is 0 Å². The number of nitrogens with zero attached hydrogens (tertiary/aromatic N) is 2. The number of halogens is 4. The molecule has 0 aromatic heterocycles. The second-order valence-electron chi connectivity index (χ2n) is 8.23. The lowest BCUT2D eigenvalue weighted by Crippen LogP contribution is -2.52. The summed E-state index contributed by atoms with van der Waals surface area (Å²) in [6.07, 6.45) is -4.46. The number of carbonyl (C=O) groups excluding carboxylic acids is 2. The van der Waals surface area contributed by atoms with Gasteiger partial charge < -0.3 is 15.2 Å². The topological polar surface area (TPSA) is 64.7 Å². The zero-order chi connectivity index (χ0) is 22.4. The van der Waals surface area contributed by atoms with Crippen molar-refractivity contribution in [2.45, 2.75) is 44.1 Å². The minimum absolute atomic E-state index is 0.0126. The minimum Gasteiger partial charge on any atom is -0.341 e. The van der Waals surface area contributed by atoms with Crippen LogP contribution < -0.4 is 10.9 Å². The Balaban J connectivity index is 1.47. The van der Waals surface area contributed by atoms with Gasteiger partial charge in [-0.1, -0.05) is 18.2 Å². The van der Waals surface area contributed by atoms with Gasteiger partial charge in [0.15, 0.2) is 0 Å². The van der Waals surface area contributed by atoms with Gasteiger partial charge in [0.1, 0.15) is 11.7 Å². The molecule has 1 atom stereocenters. The number of piperidine rings is 1. The van der Waals surface area contributed by atoms with E-state index in [9.17, 15) is 22.8 Å². The van der Waals surface area contributed by atoms with Crippen molar-refractivity contribution in [3.8, 4) is 0 Å². The number of benzene rings is 1. The van der Waals surface area contributed by atoms with Crippen LogP contribution in [0.3, 0.4) is 0 Å². The van der Waals surface area contributed by atoms with Crippen molar-refractivity contribution in [2.75, 3.05) is 26.2 Å². The van der Waals surface area contributed by atoms with Crippen LogP contribution in [0.5, 0.6) is 0 Å². The Hall–Kier alpha value is -2.62. The maximum absolute atomic E-state index is 15.6. The molecule has 3 aliphatic heterocycles. The molecule has 3 heterocycles. The zero-order valence-corrected chi connectivity index (χ0v) is 17.1. The van der Waals surface area contributed by atoms with Gasteiger partial charge >= 0.3 is 6.18 Å². The number of amides is 2. The molecular formula is C21H24F4N4O2. The highest BCUT2D eigenvalue weighted by atomic mass is 19.4. The van der Waals surface area contributed by atoms with Crippen LogP contribution in [0.15, 0.2) is 35.5 Å². The zero-order valence-electron chi connectivity index (χ0n) is 17.1. The molecule has 0 radical (unpaired) electrons. The van der Waals surface area contributed by atoms with E-state index in [4.69, 9.17) is 0 Å². The molecule has 1 saturated heterocycles. The fourth-order valence-corrected chi connectivity index (χ4v) is 4.58. The molecule has 0 aliphatic carbocycles. The maximum Gasteiger partial charge on any atom is 0.416 e. The van der Waals surface area contributed by atoms with Gasteiger partial charge in [-0.05, 0) is 11.6 Å². The number of rotatable bonds is 2. The van der Waals surface area contributed by atoms with Gasteiger partial charge in [-0.2, -0.15) is 13.2 Å². The number of hydrogen-bond acceptors (Lipinski definition) is 4. The first kappa shape index (κ1) is 21.6. The third-order valence-electron chi connectivity index (χ3n) is 6.37. The average Bonchev–Trinajstić information content (AvgIpc) is 3.16. The van der Waals surface area contributed by atoms with Crippen LogP contribution in [0.1, 0.15) is 37.3 Å². The monoisotopic (exact) mass is 440 g/mol. The molecule has 2 N–H and O–H groups in total. The van der Waals surface area contributed by atoms with E-state index >= 15 is 4.39 Å². The van der Waals surface area contributed by atoms with Gasteiger partial charge in [0, 0.05) is 63.6 Å². The summed E-state index contributed by atoms with van der Waals surface area (Å²) in [7, 11) is 0. The van der Waals surface area contributed by atoms with E-state index in [1.165, 1.54) is 30.0 Å². The third-order valence-corrected chi connectivity index (χ3v) is 6.37. The first-order chi connectivity index (χ1) is 14.6. The highest BCUT2D eigenvalue weighted by Crippen LogP contribution is 2.43. The Labute approximate surface area is 177 Å². The quantitative estimate of drug-likeness (QED) is 0.694. The Morgan fingerprint density at radius 3 is 2.42 bits per heavy atom. The summed E-state index contributed by atoms with van der Waals surface area (Å²) < 4.78 is 55.6. The lowest BCUT2D eigenvalue weighted by Gasteiger charge is -2.39. The molecule has 1 unspecified atom stereocenters. The van der Waals surface area contributed by atoms with Gasteiger partial charge in [-0.3, -0.25) is 9.59 Å². The predicted molar refractivity (Wildman–Crippen MR) is 104 cm³/mol. The van der Waals surface area contributed by atoms with Gasteiger partial charge in [-0.15, -0.1) is 0 Å². The fraction of sp³-hybridized carbons (Fsp3) is 0.524. The van der Waals surface area contributed by atoms with Gasteiger partial charge in [-0.25, -0.2) is 9.82 Å². The van der Waals surface area contributed by atoms with E-state index < -0.39 is 23.5 Å². The summed E-state index contributed by atoms with van der Waals surface area (Å²) in [6.45, 7) is 2.40. The molecular weight excluding hydrogens is 416 g/mol. The summed E-state index contributed by atoms with van der Waals surface area (Å²) in [6, 6.07) is 4.03. The fourth-order valence-electron chi connectivity index (χ4n) is 4.58. The predicted octanol–water partition coefficient (Wildman–Crippen LogP) is 2.48. The van der Waals surface area contributed by atoms with Crippen LogP contribution in [0, 0.1) is 0 Å². The lowest BCUT2D eigenvalue weighted by atomic mass is 9.83. The Morgan fingerprint density at radius 1 is 1.10 bits per heavy atom. The molecule has 6 nitrogen and oxygen atoms in total. The average molecular weight is 440 g/mol. The molecule has 168 valence electrons. The number of carbonyl (C=O) groups is 2. The Kier molecular flexibility index (Phi) is 5.45. The molecule has 31 heavy (non-hydrogen) atoms. The van der Waals surface area contributed by atoms with Gasteiger partial charge in [0.2, 0.25) is 11.8 Å². The summed E-state index contributed by atoms with van der Waals surface area (Å²) in [4.78, 5) is 27.9. The number of hydrazine groups is 1. The second kappa shape index (κ2) is 7.81. The first-order valence-corrected chi connectivity index (χ1v) is 10.2. The number of alkyl halides is 4. The van der Waals surface area contributed by atoms with Gasteiger partial charge in [0.05, 0.1) is 5.56 Å². The number of nitrogens with one attached hydrogen (secondary N) is 2. The van der Waals surface area contributed by atoms with E-state index in [0.29, 0.717) is 19.5 Å². The van der Waals surface area contributed by atoms with Crippen molar-refractivity contribution < 1.29 is 27.2 Å². The van der Waals surface area contributed by atoms with Crippen molar-refractivity contribution >= 4 is 11.8 Å². The summed E-state index contributed by atoms with van der Waals surface area (Å²) in [5.41, 5.74) is 4.11. The minimum atomic E-state index is -4.64. The Morgan fingerprint density at radius 2 is 1.77 bits per heavy atom. The second-order valence-corrected chi connectivity index (χ2v) is 8.23. The van der Waals surface area contributed by atoms with Crippen molar-refractivity contribution in [2.24, 2.45) is 0 Å².